The van der Waals surface area contributed by atoms with E-state index in [9.17, 15) is 9.59 Å². The van der Waals surface area contributed by atoms with Gasteiger partial charge in [-0.15, -0.1) is 0 Å². The molecule has 0 aromatic rings. The first-order chi connectivity index (χ1) is 3.66. The van der Waals surface area contributed by atoms with Crippen LogP contribution in [-0.2, 0) is 14.4 Å². The first-order valence-electron chi connectivity index (χ1n) is 1.70. The second-order valence-corrected chi connectivity index (χ2v) is 0.935. The van der Waals surface area contributed by atoms with Gasteiger partial charge in [-0.3, -0.25) is 9.68 Å². The minimum absolute atomic E-state index is 0.830. The molecule has 1 N–H and O–H groups in total. The average Bonchev–Trinajstić information content (AvgIpc) is 1.65. The van der Waals surface area contributed by atoms with Crippen LogP contribution >= 0.6 is 0 Å². The topological polar surface area (TPSA) is 72.8 Å². The van der Waals surface area contributed by atoms with E-state index in [1.54, 1.807) is 0 Å². The van der Waals surface area contributed by atoms with Crippen molar-refractivity contribution < 1.29 is 24.5 Å². The fourth-order valence-electron chi connectivity index (χ4n) is 0.136. The molecular weight excluding hydrogens is 116 g/mol. The Hall–Kier alpha value is -1.10. The smallest absolute Gasteiger partial charge is 0.359 e. The zero-order valence-electron chi connectivity index (χ0n) is 4.08. The van der Waals surface area contributed by atoms with Crippen LogP contribution in [0.15, 0.2) is 0 Å². The molecule has 0 atom stereocenters. The van der Waals surface area contributed by atoms with Crippen LogP contribution in [0.1, 0.15) is 6.92 Å². The van der Waals surface area contributed by atoms with Crippen molar-refractivity contribution in [1.82, 2.24) is 0 Å². The fourth-order valence-corrected chi connectivity index (χ4v) is 0.136. The largest absolute Gasteiger partial charge is 0.548 e. The van der Waals surface area contributed by atoms with E-state index in [4.69, 9.17) is 5.26 Å². The number of carbonyl (C=O) groups is 2. The van der Waals surface area contributed by atoms with Gasteiger partial charge in [0.15, 0.2) is 0 Å². The fraction of sp³-hybridized carbons (Fsp3) is 0.333. The number of ether oxygens (including phenoxy) is 1. The molecule has 0 aliphatic rings. The minimum atomic E-state index is -1.42. The maximum absolute atomic E-state index is 9.78. The van der Waals surface area contributed by atoms with Crippen LogP contribution < -0.4 is 0 Å². The second kappa shape index (κ2) is 2.98. The molecule has 0 rings (SSSR count). The van der Waals surface area contributed by atoms with E-state index in [1.807, 2.05) is 0 Å². The van der Waals surface area contributed by atoms with Crippen molar-refractivity contribution in [3.05, 3.63) is 0 Å². The van der Waals surface area contributed by atoms with Crippen molar-refractivity contribution in [2.75, 3.05) is 0 Å². The van der Waals surface area contributed by atoms with Gasteiger partial charge >= 0.3 is 12.1 Å². The van der Waals surface area contributed by atoms with Crippen molar-refractivity contribution in [1.29, 1.82) is 0 Å². The summed E-state index contributed by atoms with van der Waals surface area (Å²) in [5.41, 5.74) is 0. The zero-order chi connectivity index (χ0) is 6.57. The SMILES string of the molecule is CC(=O)OC(=O)OO. The Kier molecular flexibility index (Phi) is 2.57. The molecule has 0 heterocycles. The summed E-state index contributed by atoms with van der Waals surface area (Å²) in [6, 6.07) is 0. The molecule has 0 spiro atoms. The molecule has 0 saturated heterocycles. The van der Waals surface area contributed by atoms with Crippen LogP contribution in [0, 0.1) is 0 Å². The molecule has 0 aromatic carbocycles. The molecule has 0 unspecified atom stereocenters. The summed E-state index contributed by atoms with van der Waals surface area (Å²) in [6.07, 6.45) is -1.42. The van der Waals surface area contributed by atoms with Gasteiger partial charge in [-0.25, -0.2) is 4.79 Å². The molecule has 0 amide bonds. The van der Waals surface area contributed by atoms with E-state index < -0.39 is 12.1 Å². The highest BCUT2D eigenvalue weighted by atomic mass is 17.1. The summed E-state index contributed by atoms with van der Waals surface area (Å²) in [4.78, 5) is 22.5. The average molecular weight is 120 g/mol. The summed E-state index contributed by atoms with van der Waals surface area (Å²) in [6.45, 7) is 1.01. The van der Waals surface area contributed by atoms with E-state index >= 15 is 0 Å². The lowest BCUT2D eigenvalue weighted by molar-refractivity contribution is -0.201. The van der Waals surface area contributed by atoms with Gasteiger partial charge < -0.3 is 4.74 Å². The maximum Gasteiger partial charge on any atom is 0.548 e. The van der Waals surface area contributed by atoms with Gasteiger partial charge in [-0.1, -0.05) is 0 Å². The molecule has 5 heteroatoms. The molecule has 8 heavy (non-hydrogen) atoms. The lowest BCUT2D eigenvalue weighted by Gasteiger charge is -1.90. The van der Waals surface area contributed by atoms with Crippen molar-refractivity contribution in [3.63, 3.8) is 0 Å². The summed E-state index contributed by atoms with van der Waals surface area (Å²) < 4.78 is 3.65. The van der Waals surface area contributed by atoms with E-state index in [2.05, 4.69) is 9.62 Å². The first-order valence-corrected chi connectivity index (χ1v) is 1.70. The molecule has 0 aliphatic carbocycles. The summed E-state index contributed by atoms with van der Waals surface area (Å²) in [5, 5.41) is 7.46. The Morgan fingerprint density at radius 2 is 2.00 bits per heavy atom. The van der Waals surface area contributed by atoms with E-state index in [1.165, 1.54) is 0 Å². The lowest BCUT2D eigenvalue weighted by atomic mass is 10.8. The Balaban J connectivity index is 3.40. The van der Waals surface area contributed by atoms with Gasteiger partial charge in [-0.05, 0) is 0 Å². The summed E-state index contributed by atoms with van der Waals surface area (Å²) >= 11 is 0. The van der Waals surface area contributed by atoms with Gasteiger partial charge in [0.1, 0.15) is 0 Å². The minimum Gasteiger partial charge on any atom is -0.359 e. The van der Waals surface area contributed by atoms with E-state index in [-0.39, 0.29) is 0 Å². The van der Waals surface area contributed by atoms with Crippen LogP contribution in [-0.4, -0.2) is 17.4 Å². The van der Waals surface area contributed by atoms with Gasteiger partial charge in [0.2, 0.25) is 0 Å². The Labute approximate surface area is 44.7 Å². The highest BCUT2D eigenvalue weighted by Gasteiger charge is 2.04. The first kappa shape index (κ1) is 6.90. The van der Waals surface area contributed by atoms with Crippen LogP contribution in [0.5, 0.6) is 0 Å². The van der Waals surface area contributed by atoms with E-state index in [0.29, 0.717) is 0 Å². The molecule has 0 radical (unpaired) electrons. The predicted octanol–water partition coefficient (Wildman–Crippen LogP) is 0.159. The molecule has 0 aliphatic heterocycles. The van der Waals surface area contributed by atoms with Crippen molar-refractivity contribution in [2.45, 2.75) is 6.92 Å². The monoisotopic (exact) mass is 120 g/mol. The van der Waals surface area contributed by atoms with E-state index in [0.717, 1.165) is 6.92 Å². The number of hydrogen-bond donors (Lipinski definition) is 1. The molecular formula is C3H4O5. The Morgan fingerprint density at radius 3 is 2.12 bits per heavy atom. The van der Waals surface area contributed by atoms with Crippen LogP contribution in [0.25, 0.3) is 0 Å². The number of esters is 1. The standard InChI is InChI=1S/C3H4O5/c1-2(4)7-3(5)8-6/h6H,1H3. The number of rotatable bonds is 0. The van der Waals surface area contributed by atoms with Gasteiger partial charge in [0.25, 0.3) is 0 Å². The number of carbonyl (C=O) groups excluding carboxylic acids is 2. The van der Waals surface area contributed by atoms with Gasteiger partial charge in [0.05, 0.1) is 0 Å². The third kappa shape index (κ3) is 3.10. The van der Waals surface area contributed by atoms with Crippen LogP contribution in [0.4, 0.5) is 4.79 Å². The number of hydrogen-bond acceptors (Lipinski definition) is 5. The maximum atomic E-state index is 9.78. The predicted molar refractivity (Wildman–Crippen MR) is 20.9 cm³/mol. The molecule has 0 aromatic heterocycles. The highest BCUT2D eigenvalue weighted by molar-refractivity contribution is 5.79. The summed E-state index contributed by atoms with van der Waals surface area (Å²) in [7, 11) is 0. The lowest BCUT2D eigenvalue weighted by Crippen LogP contribution is -2.08. The normalized spacial score (nSPS) is 7.75. The molecule has 0 fully saturated rings. The van der Waals surface area contributed by atoms with Gasteiger partial charge in [-0.2, -0.15) is 5.26 Å². The zero-order valence-corrected chi connectivity index (χ0v) is 4.08. The Morgan fingerprint density at radius 1 is 1.50 bits per heavy atom. The quantitative estimate of drug-likeness (QED) is 0.213. The van der Waals surface area contributed by atoms with Gasteiger partial charge in [0, 0.05) is 6.92 Å². The van der Waals surface area contributed by atoms with Crippen molar-refractivity contribution in [2.24, 2.45) is 0 Å². The summed E-state index contributed by atoms with van der Waals surface area (Å²) in [5.74, 6) is -0.830. The molecule has 5 nitrogen and oxygen atoms in total. The molecule has 0 bridgehead atoms. The highest BCUT2D eigenvalue weighted by Crippen LogP contribution is 1.80. The van der Waals surface area contributed by atoms with Crippen LogP contribution in [0.3, 0.4) is 0 Å². The van der Waals surface area contributed by atoms with Crippen molar-refractivity contribution in [3.8, 4) is 0 Å². The second-order valence-electron chi connectivity index (χ2n) is 0.935. The third-order valence-electron chi connectivity index (χ3n) is 0.302. The van der Waals surface area contributed by atoms with Crippen LogP contribution in [0.2, 0.25) is 0 Å². The molecule has 46 valence electrons. The van der Waals surface area contributed by atoms with Crippen molar-refractivity contribution >= 4 is 12.1 Å². The molecule has 0 saturated carbocycles. The third-order valence-corrected chi connectivity index (χ3v) is 0.302. The Bertz CT molecular complexity index is 106.